The Kier molecular flexibility index (Phi) is 15.5. The van der Waals surface area contributed by atoms with E-state index in [0.29, 0.717) is 0 Å². The summed E-state index contributed by atoms with van der Waals surface area (Å²) in [6, 6.07) is -1.97. The maximum absolute atomic E-state index is 11.7. The van der Waals surface area contributed by atoms with Gasteiger partial charge in [-0.15, -0.1) is 0 Å². The molecule has 12 nitrogen and oxygen atoms in total. The van der Waals surface area contributed by atoms with Gasteiger partial charge in [0.1, 0.15) is 0 Å². The molecule has 4 N–H and O–H groups in total. The second kappa shape index (κ2) is 16.9. The molecule has 0 aromatic rings. The standard InChI is InChI=1S/C20H36N4O8S4/c25-17(26)5-21-1-13(9-33)22(6-18(27)28)3-15(11-35)24(8-20(31)32)4-16(12-36)23(7-19(29)30)2-14(21)10-34/h13-16,33-36H,1-12H2,(H,25,26)(H,27,28)(H,29,30)(H,31,32)/t13-,14-,15-,16-/m1/s1. The van der Waals surface area contributed by atoms with E-state index >= 15 is 0 Å². The molecule has 4 atom stereocenters. The highest BCUT2D eigenvalue weighted by Gasteiger charge is 2.35. The van der Waals surface area contributed by atoms with Crippen LogP contribution in [-0.2, 0) is 19.2 Å². The van der Waals surface area contributed by atoms with Gasteiger partial charge in [-0.3, -0.25) is 38.8 Å². The van der Waals surface area contributed by atoms with Crippen molar-refractivity contribution in [2.24, 2.45) is 0 Å². The van der Waals surface area contributed by atoms with Gasteiger partial charge >= 0.3 is 23.9 Å². The third kappa shape index (κ3) is 11.2. The molecule has 208 valence electrons. The first-order valence-corrected chi connectivity index (χ1v) is 13.7. The van der Waals surface area contributed by atoms with Gasteiger partial charge in [-0.25, -0.2) is 0 Å². The Bertz CT molecular complexity index is 633. The topological polar surface area (TPSA) is 162 Å². The van der Waals surface area contributed by atoms with Gasteiger partial charge in [0.15, 0.2) is 0 Å². The van der Waals surface area contributed by atoms with Crippen LogP contribution in [-0.4, -0.2) is 163 Å². The van der Waals surface area contributed by atoms with Crippen molar-refractivity contribution < 1.29 is 39.6 Å². The summed E-state index contributed by atoms with van der Waals surface area (Å²) in [5.41, 5.74) is 0. The van der Waals surface area contributed by atoms with Crippen LogP contribution in [0.15, 0.2) is 0 Å². The van der Waals surface area contributed by atoms with Crippen LogP contribution in [0.1, 0.15) is 0 Å². The third-order valence-corrected chi connectivity index (χ3v) is 7.73. The minimum Gasteiger partial charge on any atom is -0.480 e. The molecule has 1 aliphatic rings. The van der Waals surface area contributed by atoms with Gasteiger partial charge in [0.25, 0.3) is 0 Å². The Morgan fingerprint density at radius 2 is 0.639 bits per heavy atom. The van der Waals surface area contributed by atoms with Gasteiger partial charge in [-0.2, -0.15) is 50.5 Å². The maximum Gasteiger partial charge on any atom is 0.317 e. The van der Waals surface area contributed by atoms with Gasteiger partial charge in [0.2, 0.25) is 0 Å². The molecule has 1 heterocycles. The molecule has 1 saturated heterocycles. The van der Waals surface area contributed by atoms with Crippen molar-refractivity contribution in [3.63, 3.8) is 0 Å². The zero-order valence-electron chi connectivity index (χ0n) is 19.8. The Morgan fingerprint density at radius 3 is 0.750 bits per heavy atom. The smallest absolute Gasteiger partial charge is 0.317 e. The molecule has 0 spiro atoms. The van der Waals surface area contributed by atoms with Gasteiger partial charge in [0, 0.05) is 73.4 Å². The van der Waals surface area contributed by atoms with Crippen molar-refractivity contribution in [2.45, 2.75) is 24.2 Å². The van der Waals surface area contributed by atoms with E-state index < -0.39 is 48.0 Å². The van der Waals surface area contributed by atoms with E-state index in [2.05, 4.69) is 50.5 Å². The van der Waals surface area contributed by atoms with Gasteiger partial charge in [0.05, 0.1) is 26.2 Å². The van der Waals surface area contributed by atoms with Crippen molar-refractivity contribution in [3.8, 4) is 0 Å². The summed E-state index contributed by atoms with van der Waals surface area (Å²) in [5, 5.41) is 38.2. The summed E-state index contributed by atoms with van der Waals surface area (Å²) < 4.78 is 0. The van der Waals surface area contributed by atoms with Crippen LogP contribution < -0.4 is 0 Å². The number of hydrogen-bond acceptors (Lipinski definition) is 12. The molecule has 36 heavy (non-hydrogen) atoms. The molecule has 0 amide bonds. The van der Waals surface area contributed by atoms with Crippen molar-refractivity contribution in [3.05, 3.63) is 0 Å². The van der Waals surface area contributed by atoms with Crippen LogP contribution in [0, 0.1) is 0 Å². The third-order valence-electron chi connectivity index (χ3n) is 6.04. The van der Waals surface area contributed by atoms with E-state index in [0.717, 1.165) is 0 Å². The fourth-order valence-corrected chi connectivity index (χ4v) is 5.69. The van der Waals surface area contributed by atoms with E-state index in [1.807, 2.05) is 0 Å². The first kappa shape index (κ1) is 33.1. The monoisotopic (exact) mass is 588 g/mol. The Labute approximate surface area is 232 Å². The summed E-state index contributed by atoms with van der Waals surface area (Å²) in [4.78, 5) is 53.4. The molecule has 0 aromatic carbocycles. The number of carboxylic acids is 4. The van der Waals surface area contributed by atoms with E-state index in [4.69, 9.17) is 0 Å². The lowest BCUT2D eigenvalue weighted by atomic mass is 10.1. The van der Waals surface area contributed by atoms with Gasteiger partial charge in [-0.05, 0) is 0 Å². The number of aliphatic carboxylic acids is 4. The predicted octanol–water partition coefficient (Wildman–Crippen LogP) is -1.26. The summed E-state index contributed by atoms with van der Waals surface area (Å²) in [5.74, 6) is -3.53. The lowest BCUT2D eigenvalue weighted by molar-refractivity contribution is -0.143. The molecular formula is C20H36N4O8S4. The average molecular weight is 589 g/mol. The predicted molar refractivity (Wildman–Crippen MR) is 147 cm³/mol. The second-order valence-electron chi connectivity index (χ2n) is 8.64. The van der Waals surface area contributed by atoms with Gasteiger partial charge < -0.3 is 20.4 Å². The highest BCUT2D eigenvalue weighted by atomic mass is 32.1. The van der Waals surface area contributed by atoms with Crippen LogP contribution in [0.3, 0.4) is 0 Å². The number of hydrogen-bond donors (Lipinski definition) is 8. The van der Waals surface area contributed by atoms with Crippen LogP contribution in [0.4, 0.5) is 0 Å². The van der Waals surface area contributed by atoms with Gasteiger partial charge in [-0.1, -0.05) is 0 Å². The van der Waals surface area contributed by atoms with E-state index in [-0.39, 0.29) is 75.4 Å². The molecule has 1 rings (SSSR count). The molecule has 0 aromatic heterocycles. The van der Waals surface area contributed by atoms with Crippen LogP contribution in [0.5, 0.6) is 0 Å². The SMILES string of the molecule is O=C(O)CN1C[C@H](CS)N(CC(=O)O)C[C@H](CS)N(CC(=O)O)C[C@H](CS)N(CC(=O)O)C[C@@H]1CS. The number of nitrogens with zero attached hydrogens (tertiary/aromatic N) is 4. The lowest BCUT2D eigenvalue weighted by Crippen LogP contribution is -2.61. The van der Waals surface area contributed by atoms with Crippen molar-refractivity contribution >= 4 is 74.4 Å². The normalized spacial score (nSPS) is 26.1. The molecular weight excluding hydrogens is 553 g/mol. The Balaban J connectivity index is 3.62. The first-order chi connectivity index (χ1) is 16.9. The number of carbonyl (C=O) groups is 4. The Hall–Kier alpha value is -0.880. The second-order valence-corrected chi connectivity index (χ2v) is 10.1. The average Bonchev–Trinajstić information content (AvgIpc) is 2.78. The molecule has 0 radical (unpaired) electrons. The fourth-order valence-electron chi connectivity index (χ4n) is 4.30. The Morgan fingerprint density at radius 1 is 0.472 bits per heavy atom. The molecule has 1 aliphatic heterocycles. The zero-order valence-corrected chi connectivity index (χ0v) is 23.4. The number of carboxylic acid groups (broad SMARTS) is 4. The van der Waals surface area contributed by atoms with Crippen molar-refractivity contribution in [1.29, 1.82) is 0 Å². The van der Waals surface area contributed by atoms with Crippen LogP contribution in [0.2, 0.25) is 0 Å². The van der Waals surface area contributed by atoms with E-state index in [1.54, 1.807) is 19.6 Å². The number of rotatable bonds is 12. The van der Waals surface area contributed by atoms with E-state index in [9.17, 15) is 39.6 Å². The minimum atomic E-state index is -1.09. The summed E-state index contributed by atoms with van der Waals surface area (Å²) in [6.45, 7) is -0.877. The summed E-state index contributed by atoms with van der Waals surface area (Å²) in [7, 11) is 0. The molecule has 0 saturated carbocycles. The van der Waals surface area contributed by atoms with Crippen molar-refractivity contribution in [1.82, 2.24) is 19.6 Å². The largest absolute Gasteiger partial charge is 0.480 e. The van der Waals surface area contributed by atoms with Crippen LogP contribution >= 0.6 is 50.5 Å². The molecule has 16 heteroatoms. The molecule has 1 fully saturated rings. The highest BCUT2D eigenvalue weighted by Crippen LogP contribution is 2.18. The number of thiol groups is 4. The van der Waals surface area contributed by atoms with Crippen LogP contribution in [0.25, 0.3) is 0 Å². The molecule has 0 bridgehead atoms. The molecule has 0 aliphatic carbocycles. The molecule has 0 unspecified atom stereocenters. The zero-order chi connectivity index (χ0) is 27.4. The summed E-state index contributed by atoms with van der Waals surface area (Å²) >= 11 is 17.6. The summed E-state index contributed by atoms with van der Waals surface area (Å²) in [6.07, 6.45) is 0. The first-order valence-electron chi connectivity index (χ1n) is 11.2. The lowest BCUT2D eigenvalue weighted by Gasteiger charge is -2.44. The highest BCUT2D eigenvalue weighted by molar-refractivity contribution is 7.80. The quantitative estimate of drug-likeness (QED) is 0.128. The minimum absolute atomic E-state index is 0.138. The van der Waals surface area contributed by atoms with E-state index in [1.165, 1.54) is 0 Å². The van der Waals surface area contributed by atoms with Crippen molar-refractivity contribution in [2.75, 3.05) is 75.4 Å². The fraction of sp³-hybridized carbons (Fsp3) is 0.800. The maximum atomic E-state index is 11.7.